The maximum atomic E-state index is 11.6. The van der Waals surface area contributed by atoms with E-state index in [2.05, 4.69) is 15.0 Å². The average molecular weight is 292 g/mol. The lowest BCUT2D eigenvalue weighted by atomic mass is 10.3. The van der Waals surface area contributed by atoms with Crippen LogP contribution in [0.5, 0.6) is 0 Å². The van der Waals surface area contributed by atoms with Crippen molar-refractivity contribution in [2.24, 2.45) is 0 Å². The van der Waals surface area contributed by atoms with Gasteiger partial charge >= 0.3 is 5.97 Å². The second kappa shape index (κ2) is 6.80. The third-order valence-corrected chi connectivity index (χ3v) is 2.95. The van der Waals surface area contributed by atoms with Crippen molar-refractivity contribution in [2.45, 2.75) is 19.7 Å². The number of hydrogen-bond acceptors (Lipinski definition) is 6. The molecule has 0 atom stereocenters. The first-order valence-electron chi connectivity index (χ1n) is 6.32. The molecule has 2 heterocycles. The predicted octanol–water partition coefficient (Wildman–Crippen LogP) is 0.0730. The van der Waals surface area contributed by atoms with Gasteiger partial charge in [-0.15, -0.1) is 5.10 Å². The Bertz CT molecular complexity index is 677. The summed E-state index contributed by atoms with van der Waals surface area (Å²) in [6, 6.07) is 4.94. The van der Waals surface area contributed by atoms with E-state index in [4.69, 9.17) is 4.74 Å². The lowest BCUT2D eigenvalue weighted by Crippen LogP contribution is -2.22. The van der Waals surface area contributed by atoms with Gasteiger partial charge in [-0.25, -0.2) is 9.48 Å². The van der Waals surface area contributed by atoms with E-state index >= 15 is 0 Å². The van der Waals surface area contributed by atoms with Crippen molar-refractivity contribution in [3.8, 4) is 0 Å². The van der Waals surface area contributed by atoms with Crippen LogP contribution in [0.25, 0.3) is 0 Å². The second-order valence-electron chi connectivity index (χ2n) is 4.26. The van der Waals surface area contributed by atoms with Crippen molar-refractivity contribution in [3.05, 3.63) is 46.1 Å². The smallest absolute Gasteiger partial charge is 0.360 e. The van der Waals surface area contributed by atoms with E-state index in [-0.39, 0.29) is 17.9 Å². The van der Waals surface area contributed by atoms with Gasteiger partial charge in [0.05, 0.1) is 26.0 Å². The van der Waals surface area contributed by atoms with Gasteiger partial charge in [0.2, 0.25) is 0 Å². The van der Waals surface area contributed by atoms with Gasteiger partial charge in [-0.05, 0) is 6.07 Å². The third-order valence-electron chi connectivity index (χ3n) is 2.95. The molecule has 2 rings (SSSR count). The number of aromatic nitrogens is 4. The Balaban J connectivity index is 2.20. The molecule has 0 amide bonds. The summed E-state index contributed by atoms with van der Waals surface area (Å²) in [4.78, 5) is 23.2. The van der Waals surface area contributed by atoms with Gasteiger partial charge in [0.25, 0.3) is 5.56 Å². The van der Waals surface area contributed by atoms with Crippen molar-refractivity contribution in [1.29, 1.82) is 0 Å². The molecule has 0 spiro atoms. The van der Waals surface area contributed by atoms with E-state index in [0.29, 0.717) is 18.8 Å². The molecule has 0 saturated carbocycles. The van der Waals surface area contributed by atoms with Crippen molar-refractivity contribution in [1.82, 2.24) is 19.6 Å². The van der Waals surface area contributed by atoms with Crippen LogP contribution < -0.4 is 5.56 Å². The number of nitrogens with zero attached hydrogens (tertiary/aromatic N) is 4. The van der Waals surface area contributed by atoms with Crippen LogP contribution in [0.15, 0.2) is 29.2 Å². The summed E-state index contributed by atoms with van der Waals surface area (Å²) in [5, 5.41) is 7.73. The highest BCUT2D eigenvalue weighted by atomic mass is 16.5. The fourth-order valence-electron chi connectivity index (χ4n) is 1.90. The fraction of sp³-hybridized carbons (Fsp3) is 0.385. The standard InChI is InChI=1S/C13H16N4O4/c1-20-9-10-12(13(19)21-2)14-15-17(10)8-7-16-6-4-3-5-11(16)18/h3-6H,7-9H2,1-2H3. The topological polar surface area (TPSA) is 88.2 Å². The van der Waals surface area contributed by atoms with Crippen LogP contribution >= 0.6 is 0 Å². The molecule has 0 radical (unpaired) electrons. The Kier molecular flexibility index (Phi) is 4.83. The molecule has 0 aliphatic rings. The molecule has 2 aromatic rings. The Hall–Kier alpha value is -2.48. The van der Waals surface area contributed by atoms with E-state index in [9.17, 15) is 9.59 Å². The molecular formula is C13H16N4O4. The number of ether oxygens (including phenoxy) is 2. The third kappa shape index (κ3) is 3.34. The number of rotatable bonds is 6. The van der Waals surface area contributed by atoms with Gasteiger partial charge in [-0.1, -0.05) is 11.3 Å². The van der Waals surface area contributed by atoms with E-state index in [0.717, 1.165) is 0 Å². The predicted molar refractivity (Wildman–Crippen MR) is 72.8 cm³/mol. The van der Waals surface area contributed by atoms with Crippen LogP contribution in [-0.2, 0) is 29.2 Å². The molecule has 0 fully saturated rings. The van der Waals surface area contributed by atoms with Crippen LogP contribution in [0.4, 0.5) is 0 Å². The molecular weight excluding hydrogens is 276 g/mol. The molecule has 0 aromatic carbocycles. The first-order valence-corrected chi connectivity index (χ1v) is 6.32. The van der Waals surface area contributed by atoms with Crippen molar-refractivity contribution in [2.75, 3.05) is 14.2 Å². The summed E-state index contributed by atoms with van der Waals surface area (Å²) in [5.41, 5.74) is 0.548. The quantitative estimate of drug-likeness (QED) is 0.700. The molecule has 2 aromatic heterocycles. The van der Waals surface area contributed by atoms with Gasteiger partial charge < -0.3 is 14.0 Å². The summed E-state index contributed by atoms with van der Waals surface area (Å²) >= 11 is 0. The van der Waals surface area contributed by atoms with Crippen LogP contribution in [0.2, 0.25) is 0 Å². The molecule has 21 heavy (non-hydrogen) atoms. The molecule has 0 aliphatic heterocycles. The van der Waals surface area contributed by atoms with E-state index in [1.807, 2.05) is 0 Å². The summed E-state index contributed by atoms with van der Waals surface area (Å²) in [6.45, 7) is 0.994. The number of esters is 1. The molecule has 0 unspecified atom stereocenters. The Morgan fingerprint density at radius 3 is 2.76 bits per heavy atom. The van der Waals surface area contributed by atoms with Crippen LogP contribution in [-0.4, -0.2) is 39.7 Å². The number of methoxy groups -OCH3 is 2. The summed E-state index contributed by atoms with van der Waals surface area (Å²) in [7, 11) is 2.79. The minimum absolute atomic E-state index is 0.0981. The van der Waals surface area contributed by atoms with Crippen molar-refractivity contribution in [3.63, 3.8) is 0 Å². The monoisotopic (exact) mass is 292 g/mol. The normalized spacial score (nSPS) is 10.6. The van der Waals surface area contributed by atoms with E-state index in [1.54, 1.807) is 22.9 Å². The molecule has 0 bridgehead atoms. The molecule has 0 saturated heterocycles. The molecule has 8 heteroatoms. The minimum atomic E-state index is -0.565. The molecule has 0 N–H and O–H groups in total. The highest BCUT2D eigenvalue weighted by Gasteiger charge is 2.20. The number of aryl methyl sites for hydroxylation is 2. The largest absolute Gasteiger partial charge is 0.464 e. The maximum Gasteiger partial charge on any atom is 0.360 e. The molecule has 0 aliphatic carbocycles. The molecule has 112 valence electrons. The zero-order valence-electron chi connectivity index (χ0n) is 11.9. The van der Waals surface area contributed by atoms with Crippen LogP contribution in [0.3, 0.4) is 0 Å². The first kappa shape index (κ1) is 14.9. The van der Waals surface area contributed by atoms with Crippen molar-refractivity contribution < 1.29 is 14.3 Å². The summed E-state index contributed by atoms with van der Waals surface area (Å²) in [6.07, 6.45) is 1.69. The zero-order chi connectivity index (χ0) is 15.2. The maximum absolute atomic E-state index is 11.6. The number of carbonyl (C=O) groups excluding carboxylic acids is 1. The number of pyridine rings is 1. The summed E-state index contributed by atoms with van der Waals surface area (Å²) in [5.74, 6) is -0.565. The first-order chi connectivity index (χ1) is 10.2. The zero-order valence-corrected chi connectivity index (χ0v) is 11.9. The van der Waals surface area contributed by atoms with Gasteiger partial charge in [0.1, 0.15) is 0 Å². The fourth-order valence-corrected chi connectivity index (χ4v) is 1.90. The van der Waals surface area contributed by atoms with Gasteiger partial charge in [-0.2, -0.15) is 0 Å². The van der Waals surface area contributed by atoms with Gasteiger partial charge in [0.15, 0.2) is 5.69 Å². The lowest BCUT2D eigenvalue weighted by Gasteiger charge is -2.08. The number of hydrogen-bond donors (Lipinski definition) is 0. The number of carbonyl (C=O) groups is 1. The Morgan fingerprint density at radius 1 is 1.29 bits per heavy atom. The lowest BCUT2D eigenvalue weighted by molar-refractivity contribution is 0.0588. The Morgan fingerprint density at radius 2 is 2.10 bits per heavy atom. The van der Waals surface area contributed by atoms with Crippen LogP contribution in [0, 0.1) is 0 Å². The van der Waals surface area contributed by atoms with E-state index < -0.39 is 5.97 Å². The second-order valence-corrected chi connectivity index (χ2v) is 4.26. The highest BCUT2D eigenvalue weighted by Crippen LogP contribution is 2.08. The highest BCUT2D eigenvalue weighted by molar-refractivity contribution is 5.88. The van der Waals surface area contributed by atoms with Crippen LogP contribution in [0.1, 0.15) is 16.2 Å². The van der Waals surface area contributed by atoms with Gasteiger partial charge in [-0.3, -0.25) is 4.79 Å². The van der Waals surface area contributed by atoms with E-state index in [1.165, 1.54) is 25.0 Å². The van der Waals surface area contributed by atoms with Gasteiger partial charge in [0, 0.05) is 25.9 Å². The molecule has 8 nitrogen and oxygen atoms in total. The Labute approximate surface area is 120 Å². The SMILES string of the molecule is COCc1c(C(=O)OC)nnn1CCn1ccccc1=O. The minimum Gasteiger partial charge on any atom is -0.464 e. The van der Waals surface area contributed by atoms with Crippen molar-refractivity contribution >= 4 is 5.97 Å². The average Bonchev–Trinajstić information content (AvgIpc) is 2.89. The summed E-state index contributed by atoms with van der Waals surface area (Å²) < 4.78 is 12.8.